The van der Waals surface area contributed by atoms with Crippen molar-refractivity contribution in [2.24, 2.45) is 0 Å². The third-order valence-corrected chi connectivity index (χ3v) is 6.56. The monoisotopic (exact) mass is 512 g/mol. The van der Waals surface area contributed by atoms with Crippen molar-refractivity contribution in [3.63, 3.8) is 0 Å². The summed E-state index contributed by atoms with van der Waals surface area (Å²) in [5.41, 5.74) is 1.49. The second kappa shape index (κ2) is 13.0. The van der Waals surface area contributed by atoms with Crippen LogP contribution in [-0.2, 0) is 17.8 Å². The Bertz CT molecular complexity index is 1130. The van der Waals surface area contributed by atoms with Gasteiger partial charge >= 0.3 is 0 Å². The van der Waals surface area contributed by atoms with Gasteiger partial charge in [0.1, 0.15) is 6.54 Å². The van der Waals surface area contributed by atoms with Gasteiger partial charge in [0.25, 0.3) is 5.91 Å². The van der Waals surface area contributed by atoms with E-state index in [4.69, 9.17) is 21.1 Å². The number of ether oxygens (including phenoxy) is 2. The van der Waals surface area contributed by atoms with Crippen molar-refractivity contribution in [2.45, 2.75) is 13.0 Å². The second-order valence-electron chi connectivity index (χ2n) is 7.82. The molecule has 0 bridgehead atoms. The highest BCUT2D eigenvalue weighted by Gasteiger charge is 2.22. The van der Waals surface area contributed by atoms with Gasteiger partial charge in [-0.3, -0.25) is 9.59 Å². The summed E-state index contributed by atoms with van der Waals surface area (Å²) in [5.74, 6) is 0.921. The molecule has 35 heavy (non-hydrogen) atoms. The minimum Gasteiger partial charge on any atom is -0.493 e. The molecule has 0 saturated heterocycles. The van der Waals surface area contributed by atoms with Gasteiger partial charge in [-0.05, 0) is 59.8 Å². The third kappa shape index (κ3) is 7.34. The standard InChI is InChI=1S/C27H29ClN2O4S/c1-4-14-30(27(32)21-8-10-22(28)11-9-21)19-26(31)29(18-23-6-5-16-35-23)15-13-20-7-12-24(33-2)25(17-20)34-3/h4-12,16-17H,1,13-15,18-19H2,2-3H3. The topological polar surface area (TPSA) is 59.1 Å². The van der Waals surface area contributed by atoms with Crippen molar-refractivity contribution in [1.29, 1.82) is 0 Å². The fourth-order valence-electron chi connectivity index (χ4n) is 3.60. The molecule has 3 rings (SSSR count). The molecule has 0 radical (unpaired) electrons. The molecule has 0 fully saturated rings. The van der Waals surface area contributed by atoms with Gasteiger partial charge in [0.2, 0.25) is 5.91 Å². The molecule has 0 aliphatic heterocycles. The Hall–Kier alpha value is -3.29. The number of halogens is 1. The summed E-state index contributed by atoms with van der Waals surface area (Å²) >= 11 is 7.55. The second-order valence-corrected chi connectivity index (χ2v) is 9.28. The van der Waals surface area contributed by atoms with Crippen LogP contribution in [0.25, 0.3) is 0 Å². The van der Waals surface area contributed by atoms with Gasteiger partial charge in [0.05, 0.1) is 20.8 Å². The summed E-state index contributed by atoms with van der Waals surface area (Å²) < 4.78 is 10.7. The number of benzene rings is 2. The molecule has 1 heterocycles. The number of hydrogen-bond acceptors (Lipinski definition) is 5. The molecule has 184 valence electrons. The molecule has 2 amide bonds. The predicted molar refractivity (Wildman–Crippen MR) is 141 cm³/mol. The maximum absolute atomic E-state index is 13.4. The Morgan fingerprint density at radius 3 is 2.40 bits per heavy atom. The molecule has 0 spiro atoms. The van der Waals surface area contributed by atoms with Gasteiger partial charge in [-0.1, -0.05) is 29.8 Å². The van der Waals surface area contributed by atoms with Crippen LogP contribution >= 0.6 is 22.9 Å². The average Bonchev–Trinajstić information content (AvgIpc) is 3.39. The summed E-state index contributed by atoms with van der Waals surface area (Å²) in [6.07, 6.45) is 2.25. The van der Waals surface area contributed by atoms with Crippen LogP contribution in [0, 0.1) is 0 Å². The molecule has 3 aromatic rings. The summed E-state index contributed by atoms with van der Waals surface area (Å²) in [5, 5.41) is 2.53. The van der Waals surface area contributed by atoms with Crippen molar-refractivity contribution < 1.29 is 19.1 Å². The Kier molecular flexibility index (Phi) is 9.76. The van der Waals surface area contributed by atoms with Gasteiger partial charge in [-0.2, -0.15) is 0 Å². The summed E-state index contributed by atoms with van der Waals surface area (Å²) in [4.78, 5) is 30.9. The SMILES string of the molecule is C=CCN(CC(=O)N(CCc1ccc(OC)c(OC)c1)Cc1cccs1)C(=O)c1ccc(Cl)cc1. The first-order chi connectivity index (χ1) is 16.9. The van der Waals surface area contributed by atoms with Crippen LogP contribution in [-0.4, -0.2) is 55.5 Å². The number of carbonyl (C=O) groups is 2. The van der Waals surface area contributed by atoms with E-state index in [-0.39, 0.29) is 24.9 Å². The number of rotatable bonds is 12. The maximum atomic E-state index is 13.4. The van der Waals surface area contributed by atoms with Gasteiger partial charge in [-0.15, -0.1) is 17.9 Å². The van der Waals surface area contributed by atoms with Gasteiger partial charge in [0.15, 0.2) is 11.5 Å². The predicted octanol–water partition coefficient (Wildman–Crippen LogP) is 5.32. The number of methoxy groups -OCH3 is 2. The van der Waals surface area contributed by atoms with E-state index in [2.05, 4.69) is 6.58 Å². The molecule has 0 aliphatic carbocycles. The largest absolute Gasteiger partial charge is 0.493 e. The Labute approximate surface area is 215 Å². The highest BCUT2D eigenvalue weighted by molar-refractivity contribution is 7.09. The van der Waals surface area contributed by atoms with Crippen LogP contribution in [0.4, 0.5) is 0 Å². The first-order valence-electron chi connectivity index (χ1n) is 11.1. The molecule has 0 unspecified atom stereocenters. The molecule has 0 aliphatic rings. The number of thiophene rings is 1. The van der Waals surface area contributed by atoms with E-state index in [1.165, 1.54) is 4.90 Å². The Morgan fingerprint density at radius 1 is 1.03 bits per heavy atom. The minimum atomic E-state index is -0.245. The van der Waals surface area contributed by atoms with E-state index < -0.39 is 0 Å². The highest BCUT2D eigenvalue weighted by Crippen LogP contribution is 2.28. The molecule has 0 N–H and O–H groups in total. The fourth-order valence-corrected chi connectivity index (χ4v) is 4.44. The first-order valence-corrected chi connectivity index (χ1v) is 12.4. The normalized spacial score (nSPS) is 10.5. The van der Waals surface area contributed by atoms with Crippen LogP contribution in [0.3, 0.4) is 0 Å². The van der Waals surface area contributed by atoms with Gasteiger partial charge < -0.3 is 19.3 Å². The van der Waals surface area contributed by atoms with E-state index in [1.54, 1.807) is 60.8 Å². The van der Waals surface area contributed by atoms with Gasteiger partial charge in [0, 0.05) is 28.6 Å². The zero-order chi connectivity index (χ0) is 25.2. The Balaban J connectivity index is 1.75. The van der Waals surface area contributed by atoms with Crippen LogP contribution < -0.4 is 9.47 Å². The van der Waals surface area contributed by atoms with Crippen molar-refractivity contribution in [3.8, 4) is 11.5 Å². The molecule has 6 nitrogen and oxygen atoms in total. The lowest BCUT2D eigenvalue weighted by Gasteiger charge is -2.27. The van der Waals surface area contributed by atoms with E-state index >= 15 is 0 Å². The number of amides is 2. The highest BCUT2D eigenvalue weighted by atomic mass is 35.5. The minimum absolute atomic E-state index is 0.0508. The van der Waals surface area contributed by atoms with Crippen LogP contribution in [0.5, 0.6) is 11.5 Å². The van der Waals surface area contributed by atoms with Gasteiger partial charge in [-0.25, -0.2) is 0 Å². The molecule has 0 saturated carbocycles. The third-order valence-electron chi connectivity index (χ3n) is 5.45. The molecule has 0 atom stereocenters. The summed E-state index contributed by atoms with van der Waals surface area (Å²) in [7, 11) is 3.19. The van der Waals surface area contributed by atoms with Crippen LogP contribution in [0.2, 0.25) is 5.02 Å². The van der Waals surface area contributed by atoms with E-state index in [0.29, 0.717) is 41.6 Å². The molecule has 2 aromatic carbocycles. The molecular formula is C27H29ClN2O4S. The molecule has 8 heteroatoms. The lowest BCUT2D eigenvalue weighted by molar-refractivity contribution is -0.132. The van der Waals surface area contributed by atoms with Crippen LogP contribution in [0.15, 0.2) is 72.6 Å². The molecule has 1 aromatic heterocycles. The van der Waals surface area contributed by atoms with Crippen molar-refractivity contribution in [3.05, 3.63) is 93.7 Å². The number of nitrogens with zero attached hydrogens (tertiary/aromatic N) is 2. The maximum Gasteiger partial charge on any atom is 0.254 e. The zero-order valence-corrected chi connectivity index (χ0v) is 21.5. The lowest BCUT2D eigenvalue weighted by Crippen LogP contribution is -2.43. The number of carbonyl (C=O) groups excluding carboxylic acids is 2. The first kappa shape index (κ1) is 26.3. The van der Waals surface area contributed by atoms with E-state index in [0.717, 1.165) is 10.4 Å². The van der Waals surface area contributed by atoms with Crippen molar-refractivity contribution in [2.75, 3.05) is 33.9 Å². The van der Waals surface area contributed by atoms with Crippen molar-refractivity contribution in [1.82, 2.24) is 9.80 Å². The van der Waals surface area contributed by atoms with E-state index in [9.17, 15) is 9.59 Å². The smallest absolute Gasteiger partial charge is 0.254 e. The van der Waals surface area contributed by atoms with E-state index in [1.807, 2.05) is 35.7 Å². The fraction of sp³-hybridized carbons (Fsp3) is 0.259. The summed E-state index contributed by atoms with van der Waals surface area (Å²) in [6.45, 7) is 4.92. The average molecular weight is 513 g/mol. The molecular weight excluding hydrogens is 484 g/mol. The zero-order valence-electron chi connectivity index (χ0n) is 19.9. The number of hydrogen-bond donors (Lipinski definition) is 0. The van der Waals surface area contributed by atoms with Crippen molar-refractivity contribution >= 4 is 34.8 Å². The quantitative estimate of drug-likeness (QED) is 0.308. The summed E-state index contributed by atoms with van der Waals surface area (Å²) in [6, 6.07) is 16.3. The van der Waals surface area contributed by atoms with Crippen LogP contribution in [0.1, 0.15) is 20.8 Å². The lowest BCUT2D eigenvalue weighted by atomic mass is 10.1. The Morgan fingerprint density at radius 2 is 1.77 bits per heavy atom.